The fourth-order valence-electron chi connectivity index (χ4n) is 5.30. The number of likely N-dealkylation sites (N-methyl/N-ethyl adjacent to an activating group) is 1. The summed E-state index contributed by atoms with van der Waals surface area (Å²) in [6.45, 7) is 10.3. The van der Waals surface area contributed by atoms with Crippen molar-refractivity contribution in [2.45, 2.75) is 58.9 Å². The van der Waals surface area contributed by atoms with Gasteiger partial charge in [0.1, 0.15) is 12.1 Å². The van der Waals surface area contributed by atoms with E-state index >= 15 is 0 Å². The number of benzene rings is 1. The summed E-state index contributed by atoms with van der Waals surface area (Å²) in [5.74, 6) is 0.413. The lowest BCUT2D eigenvalue weighted by molar-refractivity contribution is -0.141. The minimum atomic E-state index is -0.707. The Morgan fingerprint density at radius 3 is 2.24 bits per heavy atom. The molecule has 0 radical (unpaired) electrons. The highest BCUT2D eigenvalue weighted by Crippen LogP contribution is 2.39. The topological polar surface area (TPSA) is 64.2 Å². The van der Waals surface area contributed by atoms with E-state index < -0.39 is 5.54 Å². The van der Waals surface area contributed by atoms with Crippen molar-refractivity contribution in [1.82, 2.24) is 14.7 Å². The summed E-state index contributed by atoms with van der Waals surface area (Å²) < 4.78 is 0. The maximum absolute atomic E-state index is 13.6. The second kappa shape index (κ2) is 9.74. The third kappa shape index (κ3) is 5.68. The van der Waals surface area contributed by atoms with E-state index in [0.29, 0.717) is 44.9 Å². The van der Waals surface area contributed by atoms with Crippen molar-refractivity contribution in [3.63, 3.8) is 0 Å². The molecule has 1 spiro atoms. The van der Waals surface area contributed by atoms with Crippen molar-refractivity contribution in [1.29, 1.82) is 0 Å². The second-order valence-electron chi connectivity index (χ2n) is 11.2. The average Bonchev–Trinajstić information content (AvgIpc) is 2.99. The highest BCUT2D eigenvalue weighted by molar-refractivity contribution is 5.96. The lowest BCUT2D eigenvalue weighted by Crippen LogP contribution is -2.57. The van der Waals surface area contributed by atoms with E-state index in [4.69, 9.17) is 0 Å². The van der Waals surface area contributed by atoms with Crippen LogP contribution in [0.15, 0.2) is 30.3 Å². The van der Waals surface area contributed by atoms with Gasteiger partial charge in [-0.3, -0.25) is 14.4 Å². The summed E-state index contributed by atoms with van der Waals surface area (Å²) in [6, 6.07) is 9.92. The van der Waals surface area contributed by atoms with Crippen LogP contribution in [-0.2, 0) is 14.4 Å². The number of carbonyl (C=O) groups excluding carboxylic acids is 3. The van der Waals surface area contributed by atoms with Crippen LogP contribution in [0.1, 0.15) is 53.4 Å². The van der Waals surface area contributed by atoms with Crippen LogP contribution in [0.2, 0.25) is 0 Å². The van der Waals surface area contributed by atoms with Crippen LogP contribution in [0.3, 0.4) is 0 Å². The second-order valence-corrected chi connectivity index (χ2v) is 11.2. The van der Waals surface area contributed by atoms with Gasteiger partial charge in [0.05, 0.1) is 6.67 Å². The number of piperidine rings is 1. The highest BCUT2D eigenvalue weighted by atomic mass is 16.2. The Kier molecular flexibility index (Phi) is 7.39. The van der Waals surface area contributed by atoms with Crippen LogP contribution in [0.25, 0.3) is 0 Å². The predicted molar refractivity (Wildman–Crippen MR) is 131 cm³/mol. The van der Waals surface area contributed by atoms with Gasteiger partial charge in [-0.25, -0.2) is 0 Å². The predicted octanol–water partition coefficient (Wildman–Crippen LogP) is 3.20. The fourth-order valence-corrected chi connectivity index (χ4v) is 5.30. The number of hydrogen-bond donors (Lipinski definition) is 0. The number of rotatable bonds is 6. The maximum atomic E-state index is 13.6. The molecule has 0 unspecified atom stereocenters. The van der Waals surface area contributed by atoms with E-state index in [-0.39, 0.29) is 29.7 Å². The molecule has 0 aliphatic carbocycles. The molecule has 7 nitrogen and oxygen atoms in total. The third-order valence-electron chi connectivity index (χ3n) is 6.83. The number of carbonyl (C=O) groups is 3. The normalized spacial score (nSPS) is 19.2. The first-order valence-corrected chi connectivity index (χ1v) is 12.0. The maximum Gasteiger partial charge on any atom is 0.250 e. The molecule has 7 heteroatoms. The summed E-state index contributed by atoms with van der Waals surface area (Å²) in [5.41, 5.74) is 0.469. The standard InChI is InChI=1S/C26H40N4O3/c1-20(17-25(2,3)4)16-22(31)28-14-12-26(13-15-28)24(33)29(18-23(32)27(5)6)19-30(26)21-10-8-7-9-11-21/h7-11,20H,12-19H2,1-6H3/t20-/m0/s1. The first-order chi connectivity index (χ1) is 15.4. The Morgan fingerprint density at radius 2 is 1.70 bits per heavy atom. The Bertz CT molecular complexity index is 854. The zero-order valence-electron chi connectivity index (χ0n) is 21.1. The number of likely N-dealkylation sites (tertiary alicyclic amines) is 1. The molecule has 0 N–H and O–H groups in total. The van der Waals surface area contributed by atoms with Crippen LogP contribution in [0.5, 0.6) is 0 Å². The van der Waals surface area contributed by atoms with Crippen molar-refractivity contribution in [3.8, 4) is 0 Å². The van der Waals surface area contributed by atoms with Gasteiger partial charge in [0, 0.05) is 39.3 Å². The van der Waals surface area contributed by atoms with E-state index in [1.165, 1.54) is 4.90 Å². The van der Waals surface area contributed by atoms with Gasteiger partial charge in [-0.05, 0) is 42.7 Å². The molecule has 1 aromatic carbocycles. The monoisotopic (exact) mass is 456 g/mol. The number of hydrogen-bond acceptors (Lipinski definition) is 4. The molecular formula is C26H40N4O3. The summed E-state index contributed by atoms with van der Waals surface area (Å²) in [5, 5.41) is 0. The first-order valence-electron chi connectivity index (χ1n) is 12.0. The van der Waals surface area contributed by atoms with E-state index in [2.05, 4.69) is 32.6 Å². The summed E-state index contributed by atoms with van der Waals surface area (Å²) >= 11 is 0. The molecule has 182 valence electrons. The Morgan fingerprint density at radius 1 is 1.09 bits per heavy atom. The molecule has 2 aliphatic rings. The van der Waals surface area contributed by atoms with Gasteiger partial charge in [-0.1, -0.05) is 45.9 Å². The molecular weight excluding hydrogens is 416 g/mol. The smallest absolute Gasteiger partial charge is 0.250 e. The Balaban J connectivity index is 1.74. The van der Waals surface area contributed by atoms with Gasteiger partial charge in [0.15, 0.2) is 0 Å². The molecule has 1 atom stereocenters. The van der Waals surface area contributed by atoms with Crippen molar-refractivity contribution < 1.29 is 14.4 Å². The lowest BCUT2D eigenvalue weighted by Gasteiger charge is -2.43. The van der Waals surface area contributed by atoms with E-state index in [0.717, 1.165) is 12.1 Å². The highest BCUT2D eigenvalue weighted by Gasteiger charge is 2.54. The molecule has 2 heterocycles. The van der Waals surface area contributed by atoms with Crippen LogP contribution in [0, 0.1) is 11.3 Å². The molecule has 0 bridgehead atoms. The number of amides is 3. The van der Waals surface area contributed by atoms with Gasteiger partial charge >= 0.3 is 0 Å². The first kappa shape index (κ1) is 25.1. The zero-order valence-corrected chi connectivity index (χ0v) is 21.1. The Hall–Kier alpha value is -2.57. The van der Waals surface area contributed by atoms with Gasteiger partial charge in [-0.2, -0.15) is 0 Å². The number of anilines is 1. The molecule has 3 rings (SSSR count). The lowest BCUT2D eigenvalue weighted by atomic mass is 9.83. The van der Waals surface area contributed by atoms with Crippen molar-refractivity contribution in [2.75, 3.05) is 45.3 Å². The summed E-state index contributed by atoms with van der Waals surface area (Å²) in [4.78, 5) is 46.2. The molecule has 0 aromatic heterocycles. The van der Waals surface area contributed by atoms with E-state index in [1.807, 2.05) is 35.2 Å². The Labute approximate surface area is 198 Å². The molecule has 0 saturated carbocycles. The number of para-hydroxylation sites is 1. The molecule has 33 heavy (non-hydrogen) atoms. The van der Waals surface area contributed by atoms with Crippen molar-refractivity contribution in [2.24, 2.45) is 11.3 Å². The van der Waals surface area contributed by atoms with Gasteiger partial charge in [-0.15, -0.1) is 0 Å². The average molecular weight is 457 g/mol. The fraction of sp³-hybridized carbons (Fsp3) is 0.654. The minimum Gasteiger partial charge on any atom is -0.347 e. The van der Waals surface area contributed by atoms with Crippen LogP contribution in [0.4, 0.5) is 5.69 Å². The van der Waals surface area contributed by atoms with Crippen molar-refractivity contribution >= 4 is 23.4 Å². The third-order valence-corrected chi connectivity index (χ3v) is 6.83. The van der Waals surface area contributed by atoms with Crippen LogP contribution in [-0.4, -0.2) is 78.4 Å². The molecule has 3 amide bonds. The number of nitrogens with zero attached hydrogens (tertiary/aromatic N) is 4. The molecule has 2 aliphatic heterocycles. The molecule has 2 saturated heterocycles. The largest absolute Gasteiger partial charge is 0.347 e. The summed E-state index contributed by atoms with van der Waals surface area (Å²) in [6.07, 6.45) is 2.70. The van der Waals surface area contributed by atoms with E-state index in [9.17, 15) is 14.4 Å². The van der Waals surface area contributed by atoms with Gasteiger partial charge < -0.3 is 19.6 Å². The quantitative estimate of drug-likeness (QED) is 0.659. The molecule has 2 fully saturated rings. The van der Waals surface area contributed by atoms with Crippen molar-refractivity contribution in [3.05, 3.63) is 30.3 Å². The zero-order chi connectivity index (χ0) is 24.4. The van der Waals surface area contributed by atoms with Gasteiger partial charge in [0.25, 0.3) is 5.91 Å². The summed E-state index contributed by atoms with van der Waals surface area (Å²) in [7, 11) is 3.41. The van der Waals surface area contributed by atoms with Crippen LogP contribution < -0.4 is 4.90 Å². The molecule has 1 aromatic rings. The SMILES string of the molecule is C[C@@H](CC(=O)N1CCC2(CC1)C(=O)N(CC(=O)N(C)C)CN2c1ccccc1)CC(C)(C)C. The van der Waals surface area contributed by atoms with Crippen LogP contribution >= 0.6 is 0 Å². The van der Waals surface area contributed by atoms with E-state index in [1.54, 1.807) is 19.0 Å². The van der Waals surface area contributed by atoms with Gasteiger partial charge in [0.2, 0.25) is 11.8 Å². The minimum absolute atomic E-state index is 0.00486.